The number of nitrogens with two attached hydrogens (primary N) is 1. The first kappa shape index (κ1) is 17.9. The van der Waals surface area contributed by atoms with Gasteiger partial charge in [0.15, 0.2) is 0 Å². The third kappa shape index (κ3) is 5.21. The van der Waals surface area contributed by atoms with E-state index in [2.05, 4.69) is 18.3 Å². The molecule has 0 aromatic heterocycles. The molecule has 3 nitrogen and oxygen atoms in total. The van der Waals surface area contributed by atoms with Crippen molar-refractivity contribution in [2.24, 2.45) is 11.7 Å². The molecule has 3 N–H and O–H groups in total. The van der Waals surface area contributed by atoms with Crippen LogP contribution in [-0.2, 0) is 17.8 Å². The lowest BCUT2D eigenvalue weighted by atomic mass is 9.99. The van der Waals surface area contributed by atoms with Crippen molar-refractivity contribution in [3.05, 3.63) is 35.4 Å². The lowest BCUT2D eigenvalue weighted by Gasteiger charge is -2.18. The summed E-state index contributed by atoms with van der Waals surface area (Å²) in [7, 11) is 0. The largest absolute Gasteiger partial charge is 0.351 e. The van der Waals surface area contributed by atoms with E-state index in [0.29, 0.717) is 6.54 Å². The van der Waals surface area contributed by atoms with Gasteiger partial charge in [0.1, 0.15) is 0 Å². The Morgan fingerprint density at radius 2 is 1.84 bits per heavy atom. The van der Waals surface area contributed by atoms with Crippen LogP contribution in [0, 0.1) is 5.92 Å². The minimum Gasteiger partial charge on any atom is -0.351 e. The lowest BCUT2D eigenvalue weighted by Crippen LogP contribution is -2.44. The number of carbonyl (C=O) groups is 1. The van der Waals surface area contributed by atoms with Crippen LogP contribution in [0.4, 0.5) is 0 Å². The summed E-state index contributed by atoms with van der Waals surface area (Å²) in [4.78, 5) is 11.9. The maximum atomic E-state index is 11.9. The van der Waals surface area contributed by atoms with Gasteiger partial charge < -0.3 is 11.1 Å². The van der Waals surface area contributed by atoms with E-state index in [9.17, 15) is 4.79 Å². The highest BCUT2D eigenvalue weighted by atomic mass is 35.5. The highest BCUT2D eigenvalue weighted by Crippen LogP contribution is 2.10. The number of hydrogen-bond acceptors (Lipinski definition) is 2. The van der Waals surface area contributed by atoms with Gasteiger partial charge in [-0.15, -0.1) is 12.4 Å². The van der Waals surface area contributed by atoms with Gasteiger partial charge in [-0.2, -0.15) is 0 Å². The van der Waals surface area contributed by atoms with Crippen molar-refractivity contribution in [3.63, 3.8) is 0 Å². The molecule has 19 heavy (non-hydrogen) atoms. The third-order valence-corrected chi connectivity index (χ3v) is 3.51. The molecule has 0 aliphatic carbocycles. The highest BCUT2D eigenvalue weighted by Gasteiger charge is 2.18. The predicted molar refractivity (Wildman–Crippen MR) is 82.3 cm³/mol. The molecule has 2 unspecified atom stereocenters. The quantitative estimate of drug-likeness (QED) is 0.844. The summed E-state index contributed by atoms with van der Waals surface area (Å²) in [5, 5.41) is 2.92. The molecule has 1 aromatic rings. The van der Waals surface area contributed by atoms with Crippen LogP contribution in [0.5, 0.6) is 0 Å². The third-order valence-electron chi connectivity index (χ3n) is 3.51. The Hall–Kier alpha value is -1.06. The predicted octanol–water partition coefficient (Wildman–Crippen LogP) is 2.66. The molecule has 0 radical (unpaired) electrons. The van der Waals surface area contributed by atoms with E-state index in [1.54, 1.807) is 0 Å². The zero-order valence-corrected chi connectivity index (χ0v) is 12.8. The van der Waals surface area contributed by atoms with Crippen LogP contribution in [0.25, 0.3) is 0 Å². The molecule has 0 saturated heterocycles. The molecule has 1 aromatic carbocycles. The van der Waals surface area contributed by atoms with Crippen LogP contribution < -0.4 is 11.1 Å². The first-order valence-corrected chi connectivity index (χ1v) is 6.70. The Morgan fingerprint density at radius 1 is 1.26 bits per heavy atom. The second kappa shape index (κ2) is 8.94. The average molecular weight is 285 g/mol. The van der Waals surface area contributed by atoms with Crippen molar-refractivity contribution in [1.29, 1.82) is 0 Å². The van der Waals surface area contributed by atoms with Crippen LogP contribution >= 0.6 is 12.4 Å². The van der Waals surface area contributed by atoms with Crippen molar-refractivity contribution in [1.82, 2.24) is 5.32 Å². The second-order valence-electron chi connectivity index (χ2n) is 4.75. The molecule has 4 heteroatoms. The lowest BCUT2D eigenvalue weighted by molar-refractivity contribution is -0.123. The van der Waals surface area contributed by atoms with Crippen LogP contribution in [0.15, 0.2) is 24.3 Å². The number of benzene rings is 1. The first-order chi connectivity index (χ1) is 8.60. The van der Waals surface area contributed by atoms with Crippen LogP contribution in [-0.4, -0.2) is 11.9 Å². The molecule has 0 heterocycles. The molecule has 1 amide bonds. The second-order valence-corrected chi connectivity index (χ2v) is 4.75. The fraction of sp³-hybridized carbons (Fsp3) is 0.533. The Kier molecular flexibility index (Phi) is 8.44. The van der Waals surface area contributed by atoms with Crippen LogP contribution in [0.3, 0.4) is 0 Å². The van der Waals surface area contributed by atoms with E-state index in [4.69, 9.17) is 5.73 Å². The van der Waals surface area contributed by atoms with E-state index in [1.165, 1.54) is 11.1 Å². The summed E-state index contributed by atoms with van der Waals surface area (Å²) < 4.78 is 0. The molecule has 2 atom stereocenters. The normalized spacial score (nSPS) is 13.3. The molecule has 1 rings (SSSR count). The van der Waals surface area contributed by atoms with E-state index in [0.717, 1.165) is 12.8 Å². The number of aryl methyl sites for hydroxylation is 1. The molecule has 0 bridgehead atoms. The summed E-state index contributed by atoms with van der Waals surface area (Å²) in [5.74, 6) is 0.154. The number of nitrogens with one attached hydrogen (secondary N) is 1. The monoisotopic (exact) mass is 284 g/mol. The molecule has 0 saturated carbocycles. The molecule has 108 valence electrons. The van der Waals surface area contributed by atoms with Gasteiger partial charge in [-0.3, -0.25) is 4.79 Å². The highest BCUT2D eigenvalue weighted by molar-refractivity contribution is 5.85. The van der Waals surface area contributed by atoms with Crippen molar-refractivity contribution in [3.8, 4) is 0 Å². The van der Waals surface area contributed by atoms with Crippen molar-refractivity contribution in [2.75, 3.05) is 0 Å². The summed E-state index contributed by atoms with van der Waals surface area (Å²) in [6.45, 7) is 6.73. The van der Waals surface area contributed by atoms with Gasteiger partial charge in [0, 0.05) is 6.54 Å². The fourth-order valence-electron chi connectivity index (χ4n) is 1.89. The Bertz CT molecular complexity index is 395. The van der Waals surface area contributed by atoms with Crippen molar-refractivity contribution >= 4 is 18.3 Å². The van der Waals surface area contributed by atoms with Gasteiger partial charge in [-0.1, -0.05) is 51.5 Å². The van der Waals surface area contributed by atoms with Crippen molar-refractivity contribution in [2.45, 2.75) is 46.2 Å². The summed E-state index contributed by atoms with van der Waals surface area (Å²) in [6.07, 6.45) is 1.89. The number of hydrogen-bond donors (Lipinski definition) is 2. The van der Waals surface area contributed by atoms with Gasteiger partial charge in [0.2, 0.25) is 5.91 Å². The van der Waals surface area contributed by atoms with Gasteiger partial charge >= 0.3 is 0 Å². The molecule has 0 aliphatic rings. The minimum absolute atomic E-state index is 0. The molecule has 0 spiro atoms. The Labute approximate surface area is 122 Å². The van der Waals surface area contributed by atoms with Gasteiger partial charge in [0.25, 0.3) is 0 Å². The standard InChI is InChI=1S/C15H24N2O.ClH/c1-4-11(3)14(16)15(18)17-10-13-9-7-6-8-12(13)5-2;/h6-9,11,14H,4-5,10,16H2,1-3H3,(H,17,18);1H. The van der Waals surface area contributed by atoms with Gasteiger partial charge in [-0.05, 0) is 23.5 Å². The SMILES string of the molecule is CCc1ccccc1CNC(=O)C(N)C(C)CC.Cl. The van der Waals surface area contributed by atoms with Crippen LogP contribution in [0.2, 0.25) is 0 Å². The molecule has 0 fully saturated rings. The van der Waals surface area contributed by atoms with E-state index < -0.39 is 6.04 Å². The summed E-state index contributed by atoms with van der Waals surface area (Å²) >= 11 is 0. The van der Waals surface area contributed by atoms with Crippen molar-refractivity contribution < 1.29 is 4.79 Å². The maximum Gasteiger partial charge on any atom is 0.237 e. The van der Waals surface area contributed by atoms with E-state index >= 15 is 0 Å². The molecular formula is C15H25ClN2O. The zero-order chi connectivity index (χ0) is 13.5. The smallest absolute Gasteiger partial charge is 0.237 e. The Morgan fingerprint density at radius 3 is 2.37 bits per heavy atom. The maximum absolute atomic E-state index is 11.9. The number of carbonyl (C=O) groups excluding carboxylic acids is 1. The van der Waals surface area contributed by atoms with E-state index in [-0.39, 0.29) is 24.2 Å². The topological polar surface area (TPSA) is 55.1 Å². The molecular weight excluding hydrogens is 260 g/mol. The van der Waals surface area contributed by atoms with Crippen LogP contribution in [0.1, 0.15) is 38.3 Å². The summed E-state index contributed by atoms with van der Waals surface area (Å²) in [5.41, 5.74) is 8.34. The minimum atomic E-state index is -0.413. The summed E-state index contributed by atoms with van der Waals surface area (Å²) in [6, 6.07) is 7.75. The first-order valence-electron chi connectivity index (χ1n) is 6.70. The number of rotatable bonds is 6. The molecule has 0 aliphatic heterocycles. The van der Waals surface area contributed by atoms with Gasteiger partial charge in [0.05, 0.1) is 6.04 Å². The zero-order valence-electron chi connectivity index (χ0n) is 12.0. The van der Waals surface area contributed by atoms with Gasteiger partial charge in [-0.25, -0.2) is 0 Å². The van der Waals surface area contributed by atoms with E-state index in [1.807, 2.05) is 32.0 Å². The number of amides is 1. The number of halogens is 1. The fourth-order valence-corrected chi connectivity index (χ4v) is 1.89. The average Bonchev–Trinajstić information content (AvgIpc) is 2.43. The Balaban J connectivity index is 0.00000324.